The number of ether oxygens (including phenoxy) is 1. The Hall–Kier alpha value is -1.96. The number of hydrogen-bond donors (Lipinski definition) is 2. The number of methoxy groups -OCH3 is 1. The van der Waals surface area contributed by atoms with E-state index in [1.807, 2.05) is 0 Å². The number of aromatic nitrogens is 3. The topological polar surface area (TPSA) is 106 Å². The summed E-state index contributed by atoms with van der Waals surface area (Å²) in [5.74, 6) is -0.865. The first kappa shape index (κ1) is 17.1. The lowest BCUT2D eigenvalue weighted by atomic mass is 10.1. The second-order valence-electron chi connectivity index (χ2n) is 5.12. The first-order valence-corrected chi connectivity index (χ1v) is 6.87. The minimum Gasteiger partial charge on any atom is -0.476 e. The first-order valence-electron chi connectivity index (χ1n) is 6.87. The molecule has 8 heteroatoms. The molecule has 0 unspecified atom stereocenters. The molecule has 0 radical (unpaired) electrons. The maximum Gasteiger partial charge on any atom is 0.358 e. The molecule has 0 atom stereocenters. The second-order valence-corrected chi connectivity index (χ2v) is 5.12. The van der Waals surface area contributed by atoms with Crippen LogP contribution in [-0.4, -0.2) is 52.2 Å². The number of rotatable bonds is 9. The van der Waals surface area contributed by atoms with Crippen molar-refractivity contribution >= 4 is 11.9 Å². The molecule has 0 aromatic carbocycles. The molecule has 0 aliphatic rings. The van der Waals surface area contributed by atoms with Gasteiger partial charge in [-0.2, -0.15) is 0 Å². The van der Waals surface area contributed by atoms with Gasteiger partial charge in [-0.05, 0) is 12.3 Å². The summed E-state index contributed by atoms with van der Waals surface area (Å²) in [5.41, 5.74) is 0.255. The van der Waals surface area contributed by atoms with E-state index in [0.717, 1.165) is 6.42 Å². The molecule has 0 fully saturated rings. The number of carboxylic acids is 1. The van der Waals surface area contributed by atoms with Crippen molar-refractivity contribution in [2.24, 2.45) is 5.92 Å². The van der Waals surface area contributed by atoms with E-state index in [4.69, 9.17) is 9.84 Å². The Bertz CT molecular complexity index is 485. The standard InChI is InChI=1S/C13H22N4O4/c1-9(2)4-6-14-11(18)8-17-10(5-7-21-3)12(13(19)20)15-16-17/h9H,4-8H2,1-3H3,(H,14,18)(H,19,20). The van der Waals surface area contributed by atoms with E-state index in [9.17, 15) is 9.59 Å². The molecule has 21 heavy (non-hydrogen) atoms. The summed E-state index contributed by atoms with van der Waals surface area (Å²) >= 11 is 0. The molecule has 8 nitrogen and oxygen atoms in total. The van der Waals surface area contributed by atoms with Crippen LogP contribution in [0, 0.1) is 5.92 Å². The van der Waals surface area contributed by atoms with Gasteiger partial charge in [0.2, 0.25) is 5.91 Å². The molecule has 1 rings (SSSR count). The van der Waals surface area contributed by atoms with Gasteiger partial charge in [0.15, 0.2) is 5.69 Å². The highest BCUT2D eigenvalue weighted by atomic mass is 16.5. The van der Waals surface area contributed by atoms with Crippen molar-refractivity contribution < 1.29 is 19.4 Å². The number of carbonyl (C=O) groups is 2. The number of amides is 1. The molecular weight excluding hydrogens is 276 g/mol. The Kier molecular flexibility index (Phi) is 6.80. The zero-order valence-electron chi connectivity index (χ0n) is 12.6. The summed E-state index contributed by atoms with van der Waals surface area (Å²) in [4.78, 5) is 22.9. The zero-order valence-corrected chi connectivity index (χ0v) is 12.6. The highest BCUT2D eigenvalue weighted by molar-refractivity contribution is 5.86. The van der Waals surface area contributed by atoms with Crippen molar-refractivity contribution in [2.75, 3.05) is 20.3 Å². The normalized spacial score (nSPS) is 10.9. The van der Waals surface area contributed by atoms with Crippen molar-refractivity contribution in [1.82, 2.24) is 20.3 Å². The van der Waals surface area contributed by atoms with E-state index >= 15 is 0 Å². The second kappa shape index (κ2) is 8.35. The van der Waals surface area contributed by atoms with E-state index in [1.54, 1.807) is 0 Å². The molecule has 1 aromatic heterocycles. The number of aromatic carboxylic acids is 1. The predicted molar refractivity (Wildman–Crippen MR) is 75.0 cm³/mol. The monoisotopic (exact) mass is 298 g/mol. The lowest BCUT2D eigenvalue weighted by Gasteiger charge is -2.09. The van der Waals surface area contributed by atoms with E-state index < -0.39 is 5.97 Å². The van der Waals surface area contributed by atoms with Crippen LogP contribution in [0.2, 0.25) is 0 Å². The summed E-state index contributed by atoms with van der Waals surface area (Å²) in [5, 5.41) is 19.2. The fourth-order valence-corrected chi connectivity index (χ4v) is 1.76. The highest BCUT2D eigenvalue weighted by Gasteiger charge is 2.19. The van der Waals surface area contributed by atoms with Crippen LogP contribution in [0.3, 0.4) is 0 Å². The van der Waals surface area contributed by atoms with Crippen LogP contribution in [0.4, 0.5) is 0 Å². The van der Waals surface area contributed by atoms with Gasteiger partial charge < -0.3 is 15.2 Å². The SMILES string of the molecule is COCCc1c(C(=O)O)nnn1CC(=O)NCCC(C)C. The quantitative estimate of drug-likeness (QED) is 0.680. The fraction of sp³-hybridized carbons (Fsp3) is 0.692. The van der Waals surface area contributed by atoms with E-state index in [-0.39, 0.29) is 18.1 Å². The van der Waals surface area contributed by atoms with Gasteiger partial charge in [-0.15, -0.1) is 5.10 Å². The zero-order chi connectivity index (χ0) is 15.8. The molecule has 0 aliphatic heterocycles. The molecule has 1 amide bonds. The van der Waals surface area contributed by atoms with Gasteiger partial charge in [-0.1, -0.05) is 19.1 Å². The molecule has 0 saturated heterocycles. The molecular formula is C13H22N4O4. The number of carbonyl (C=O) groups excluding carboxylic acids is 1. The van der Waals surface area contributed by atoms with Crippen LogP contribution in [-0.2, 0) is 22.5 Å². The number of carboxylic acid groups (broad SMARTS) is 1. The molecule has 0 saturated carbocycles. The lowest BCUT2D eigenvalue weighted by Crippen LogP contribution is -2.30. The smallest absolute Gasteiger partial charge is 0.358 e. The predicted octanol–water partition coefficient (Wildman–Crippen LogP) is 0.327. The van der Waals surface area contributed by atoms with E-state index in [1.165, 1.54) is 11.8 Å². The molecule has 0 spiro atoms. The number of nitrogens with zero attached hydrogens (tertiary/aromatic N) is 3. The number of hydrogen-bond acceptors (Lipinski definition) is 5. The third kappa shape index (κ3) is 5.50. The van der Waals surface area contributed by atoms with Crippen LogP contribution < -0.4 is 5.32 Å². The Morgan fingerprint density at radius 1 is 1.43 bits per heavy atom. The highest BCUT2D eigenvalue weighted by Crippen LogP contribution is 2.07. The van der Waals surface area contributed by atoms with Gasteiger partial charge in [0.25, 0.3) is 0 Å². The van der Waals surface area contributed by atoms with Gasteiger partial charge in [0.1, 0.15) is 6.54 Å². The minimum atomic E-state index is -1.16. The maximum atomic E-state index is 11.8. The summed E-state index contributed by atoms with van der Waals surface area (Å²) in [6, 6.07) is 0. The fourth-order valence-electron chi connectivity index (χ4n) is 1.76. The van der Waals surface area contributed by atoms with Crippen molar-refractivity contribution in [3.8, 4) is 0 Å². The van der Waals surface area contributed by atoms with Gasteiger partial charge in [0.05, 0.1) is 12.3 Å². The molecule has 1 aromatic rings. The number of nitrogens with one attached hydrogen (secondary N) is 1. The van der Waals surface area contributed by atoms with Crippen LogP contribution in [0.1, 0.15) is 36.5 Å². The molecule has 118 valence electrons. The molecule has 1 heterocycles. The molecule has 0 aliphatic carbocycles. The summed E-state index contributed by atoms with van der Waals surface area (Å²) in [7, 11) is 1.52. The third-order valence-corrected chi connectivity index (χ3v) is 2.92. The van der Waals surface area contributed by atoms with Gasteiger partial charge in [0, 0.05) is 20.1 Å². The largest absolute Gasteiger partial charge is 0.476 e. The van der Waals surface area contributed by atoms with Crippen molar-refractivity contribution in [1.29, 1.82) is 0 Å². The van der Waals surface area contributed by atoms with Crippen LogP contribution in [0.25, 0.3) is 0 Å². The Labute approximate surface area is 123 Å². The van der Waals surface area contributed by atoms with Crippen molar-refractivity contribution in [2.45, 2.75) is 33.2 Å². The minimum absolute atomic E-state index is 0.0442. The Morgan fingerprint density at radius 3 is 2.71 bits per heavy atom. The Morgan fingerprint density at radius 2 is 2.14 bits per heavy atom. The van der Waals surface area contributed by atoms with Gasteiger partial charge >= 0.3 is 5.97 Å². The molecule has 2 N–H and O–H groups in total. The van der Waals surface area contributed by atoms with E-state index in [0.29, 0.717) is 31.2 Å². The average molecular weight is 298 g/mol. The van der Waals surface area contributed by atoms with Crippen molar-refractivity contribution in [3.05, 3.63) is 11.4 Å². The van der Waals surface area contributed by atoms with Gasteiger partial charge in [-0.3, -0.25) is 4.79 Å². The Balaban J connectivity index is 2.68. The summed E-state index contributed by atoms with van der Waals surface area (Å²) < 4.78 is 6.25. The lowest BCUT2D eigenvalue weighted by molar-refractivity contribution is -0.121. The molecule has 0 bridgehead atoms. The van der Waals surface area contributed by atoms with Crippen LogP contribution in [0.15, 0.2) is 0 Å². The summed E-state index contributed by atoms with van der Waals surface area (Å²) in [6.07, 6.45) is 1.23. The van der Waals surface area contributed by atoms with E-state index in [2.05, 4.69) is 29.5 Å². The van der Waals surface area contributed by atoms with Crippen LogP contribution in [0.5, 0.6) is 0 Å². The van der Waals surface area contributed by atoms with Crippen molar-refractivity contribution in [3.63, 3.8) is 0 Å². The summed E-state index contributed by atoms with van der Waals surface area (Å²) in [6.45, 7) is 5.03. The first-order chi connectivity index (χ1) is 9.95. The maximum absolute atomic E-state index is 11.8. The average Bonchev–Trinajstić information content (AvgIpc) is 2.78. The third-order valence-electron chi connectivity index (χ3n) is 2.92. The van der Waals surface area contributed by atoms with Gasteiger partial charge in [-0.25, -0.2) is 9.48 Å². The van der Waals surface area contributed by atoms with Crippen LogP contribution >= 0.6 is 0 Å².